The molecule has 2 N–H and O–H groups in total. The molecule has 50 heavy (non-hydrogen) atoms. The van der Waals surface area contributed by atoms with Crippen LogP contribution < -0.4 is 24.3 Å². The molecule has 0 saturated carbocycles. The zero-order chi connectivity index (χ0) is 35.5. The van der Waals surface area contributed by atoms with Gasteiger partial charge in [-0.2, -0.15) is 0 Å². The predicted octanol–water partition coefficient (Wildman–Crippen LogP) is 6.86. The number of halogens is 1. The largest absolute Gasteiger partial charge is 0.496 e. The summed E-state index contributed by atoms with van der Waals surface area (Å²) in [4.78, 5) is 23.0. The van der Waals surface area contributed by atoms with E-state index < -0.39 is 17.6 Å². The van der Waals surface area contributed by atoms with Gasteiger partial charge in [-0.25, -0.2) is 4.99 Å². The minimum absolute atomic E-state index is 0.0350. The molecule has 1 aliphatic rings. The van der Waals surface area contributed by atoms with Crippen molar-refractivity contribution in [3.05, 3.63) is 128 Å². The zero-order valence-electron chi connectivity index (χ0n) is 28.0. The molecule has 4 aromatic carbocycles. The van der Waals surface area contributed by atoms with E-state index >= 15 is 0 Å². The number of carbonyl (C=O) groups is 1. The van der Waals surface area contributed by atoms with Crippen LogP contribution >= 0.6 is 15.9 Å². The first-order valence-corrected chi connectivity index (χ1v) is 16.7. The first-order valence-electron chi connectivity index (χ1n) is 15.9. The fraction of sp³-hybridized carbons (Fsp3) is 0.297. The number of hydrogen-bond donors (Lipinski definition) is 2. The van der Waals surface area contributed by atoms with Gasteiger partial charge in [0.25, 0.3) is 5.91 Å². The number of methoxy groups -OCH3 is 3. The smallest absolute Gasteiger partial charge is 0.252 e. The van der Waals surface area contributed by atoms with Crippen LogP contribution in [0.2, 0.25) is 0 Å². The molecule has 0 spiro atoms. The van der Waals surface area contributed by atoms with Gasteiger partial charge in [0.2, 0.25) is 5.90 Å². The first-order chi connectivity index (χ1) is 24.4. The summed E-state index contributed by atoms with van der Waals surface area (Å²) in [7, 11) is 4.62. The highest BCUT2D eigenvalue weighted by Crippen LogP contribution is 2.45. The van der Waals surface area contributed by atoms with Gasteiger partial charge in [-0.15, -0.1) is 0 Å². The molecule has 0 bridgehead atoms. The number of rotatable bonds is 16. The third kappa shape index (κ3) is 7.97. The summed E-state index contributed by atoms with van der Waals surface area (Å²) in [6.07, 6.45) is -0.246. The maximum absolute atomic E-state index is 14.9. The number of nitrogens with zero attached hydrogens (tertiary/aromatic N) is 4. The van der Waals surface area contributed by atoms with Crippen LogP contribution in [0.4, 0.5) is 0 Å². The van der Waals surface area contributed by atoms with Crippen molar-refractivity contribution in [2.45, 2.75) is 37.6 Å². The number of azide groups is 1. The number of hydrogen-bond acceptors (Lipinski definition) is 9. The SMILES string of the molecule is COc1cc(OC)c(CNC(=O)[C@]2(Cc3ccccc3CN=[N+]=[N-])N=C(c3ccc(OCCCO)cc3)O[C@@H]2c2ccccc2Br)c(OC)c1. The summed E-state index contributed by atoms with van der Waals surface area (Å²) in [6, 6.07) is 25.7. The average Bonchev–Trinajstić information content (AvgIpc) is 3.53. The number of ether oxygens (including phenoxy) is 5. The lowest BCUT2D eigenvalue weighted by atomic mass is 9.80. The van der Waals surface area contributed by atoms with E-state index in [0.717, 1.165) is 21.2 Å². The second-order valence-corrected chi connectivity index (χ2v) is 12.2. The van der Waals surface area contributed by atoms with Gasteiger partial charge in [-0.3, -0.25) is 4.79 Å². The van der Waals surface area contributed by atoms with E-state index in [9.17, 15) is 4.79 Å². The van der Waals surface area contributed by atoms with Crippen molar-refractivity contribution in [1.29, 1.82) is 0 Å². The van der Waals surface area contributed by atoms with Crippen LogP contribution in [0.5, 0.6) is 23.0 Å². The van der Waals surface area contributed by atoms with Crippen LogP contribution in [0.25, 0.3) is 10.4 Å². The van der Waals surface area contributed by atoms with E-state index in [1.807, 2.05) is 60.7 Å². The lowest BCUT2D eigenvalue weighted by Crippen LogP contribution is -2.50. The molecule has 0 radical (unpaired) electrons. The van der Waals surface area contributed by atoms with E-state index in [4.69, 9.17) is 39.3 Å². The maximum atomic E-state index is 14.9. The van der Waals surface area contributed by atoms with Gasteiger partial charge < -0.3 is 34.1 Å². The van der Waals surface area contributed by atoms with Crippen LogP contribution in [0.3, 0.4) is 0 Å². The van der Waals surface area contributed by atoms with Gasteiger partial charge >= 0.3 is 0 Å². The molecular weight excluding hydrogens is 706 g/mol. The number of carbonyl (C=O) groups excluding carboxylic acids is 1. The van der Waals surface area contributed by atoms with E-state index in [1.165, 1.54) is 14.2 Å². The maximum Gasteiger partial charge on any atom is 0.252 e. The molecule has 0 fully saturated rings. The van der Waals surface area contributed by atoms with Gasteiger partial charge in [-0.05, 0) is 47.0 Å². The van der Waals surface area contributed by atoms with Crippen molar-refractivity contribution < 1.29 is 33.6 Å². The fourth-order valence-electron chi connectivity index (χ4n) is 5.80. The van der Waals surface area contributed by atoms with Crippen LogP contribution in [0.15, 0.2) is 99.5 Å². The number of benzene rings is 4. The van der Waals surface area contributed by atoms with Crippen LogP contribution in [0.1, 0.15) is 40.3 Å². The molecule has 0 aliphatic carbocycles. The highest BCUT2D eigenvalue weighted by Gasteiger charge is 2.54. The van der Waals surface area contributed by atoms with Gasteiger partial charge in [0.05, 0.1) is 46.6 Å². The summed E-state index contributed by atoms with van der Waals surface area (Å²) in [5.41, 5.74) is 11.1. The Kier molecular flexibility index (Phi) is 12.2. The van der Waals surface area contributed by atoms with Crippen molar-refractivity contribution in [2.75, 3.05) is 34.5 Å². The lowest BCUT2D eigenvalue weighted by Gasteiger charge is -2.32. The highest BCUT2D eigenvalue weighted by atomic mass is 79.9. The number of aliphatic hydroxyl groups is 1. The Morgan fingerprint density at radius 3 is 2.30 bits per heavy atom. The molecule has 1 amide bonds. The Morgan fingerprint density at radius 2 is 1.66 bits per heavy atom. The molecule has 1 heterocycles. The number of amides is 1. The Hall–Kier alpha value is -5.23. The normalized spacial score (nSPS) is 16.4. The lowest BCUT2D eigenvalue weighted by molar-refractivity contribution is -0.129. The molecule has 0 saturated heterocycles. The molecule has 260 valence electrons. The summed E-state index contributed by atoms with van der Waals surface area (Å²) >= 11 is 3.69. The first kappa shape index (κ1) is 36.1. The highest BCUT2D eigenvalue weighted by molar-refractivity contribution is 9.10. The number of nitrogens with one attached hydrogen (secondary N) is 1. The Bertz CT molecular complexity index is 1860. The summed E-state index contributed by atoms with van der Waals surface area (Å²) < 4.78 is 29.9. The molecule has 2 atom stereocenters. The van der Waals surface area contributed by atoms with E-state index in [-0.39, 0.29) is 32.0 Å². The second-order valence-electron chi connectivity index (χ2n) is 11.3. The standard InChI is InChI=1S/C37H38BrN5O7/c1-46-28-19-32(47-2)30(33(20-28)48-3)23-40-36(45)37(21-25-9-4-5-10-26(25)22-41-43-39)34(29-11-6-7-12-31(29)38)50-35(42-37)24-13-15-27(16-14-24)49-18-8-17-44/h4-7,9-16,19-20,34,44H,8,17-18,21-23H2,1-3H3,(H,40,45)/t34-,37-/m1/s1. The fourth-order valence-corrected chi connectivity index (χ4v) is 6.30. The Balaban J connectivity index is 1.63. The number of aliphatic hydroxyl groups excluding tert-OH is 1. The molecule has 0 unspecified atom stereocenters. The minimum atomic E-state index is -1.53. The molecule has 13 heteroatoms. The van der Waals surface area contributed by atoms with Gasteiger partial charge in [0, 0.05) is 52.1 Å². The van der Waals surface area contributed by atoms with Crippen molar-refractivity contribution in [2.24, 2.45) is 10.1 Å². The molecule has 0 aromatic heterocycles. The number of aliphatic imine (C=N–C) groups is 1. The van der Waals surface area contributed by atoms with Crippen LogP contribution in [-0.4, -0.2) is 57.0 Å². The summed E-state index contributed by atoms with van der Waals surface area (Å²) in [5.74, 6) is 1.99. The molecule has 4 aromatic rings. The van der Waals surface area contributed by atoms with E-state index in [2.05, 4.69) is 31.3 Å². The van der Waals surface area contributed by atoms with Crippen LogP contribution in [0, 0.1) is 0 Å². The average molecular weight is 745 g/mol. The molecule has 5 rings (SSSR count). The quantitative estimate of drug-likeness (QED) is 0.0549. The van der Waals surface area contributed by atoms with Gasteiger partial charge in [0.15, 0.2) is 11.6 Å². The van der Waals surface area contributed by atoms with E-state index in [1.54, 1.807) is 31.4 Å². The monoisotopic (exact) mass is 743 g/mol. The zero-order valence-corrected chi connectivity index (χ0v) is 29.6. The molecule has 12 nitrogen and oxygen atoms in total. The van der Waals surface area contributed by atoms with Crippen molar-refractivity contribution >= 4 is 27.7 Å². The summed E-state index contributed by atoms with van der Waals surface area (Å²) in [6.45, 7) is 0.553. The third-order valence-electron chi connectivity index (χ3n) is 8.34. The van der Waals surface area contributed by atoms with Gasteiger partial charge in [-0.1, -0.05) is 63.5 Å². The van der Waals surface area contributed by atoms with Crippen molar-refractivity contribution in [3.63, 3.8) is 0 Å². The minimum Gasteiger partial charge on any atom is -0.496 e. The van der Waals surface area contributed by atoms with E-state index in [0.29, 0.717) is 47.2 Å². The Morgan fingerprint density at radius 1 is 0.980 bits per heavy atom. The molecule has 1 aliphatic heterocycles. The Labute approximate surface area is 298 Å². The topological polar surface area (TPSA) is 157 Å². The predicted molar refractivity (Wildman–Crippen MR) is 192 cm³/mol. The molecular formula is C37H38BrN5O7. The van der Waals surface area contributed by atoms with Crippen LogP contribution in [-0.2, 0) is 29.0 Å². The summed E-state index contributed by atoms with van der Waals surface area (Å²) in [5, 5.41) is 16.0. The second kappa shape index (κ2) is 16.9. The van der Waals surface area contributed by atoms with Crippen molar-refractivity contribution in [1.82, 2.24) is 5.32 Å². The van der Waals surface area contributed by atoms with Crippen molar-refractivity contribution in [3.8, 4) is 23.0 Å². The third-order valence-corrected chi connectivity index (χ3v) is 9.07. The van der Waals surface area contributed by atoms with Gasteiger partial charge in [0.1, 0.15) is 23.0 Å².